The summed E-state index contributed by atoms with van der Waals surface area (Å²) in [4.78, 5) is 28.0. The Bertz CT molecular complexity index is 1620. The highest BCUT2D eigenvalue weighted by Gasteiger charge is 2.29. The lowest BCUT2D eigenvalue weighted by molar-refractivity contribution is 0.0139. The molecule has 0 bridgehead atoms. The van der Waals surface area contributed by atoms with E-state index < -0.39 is 5.60 Å². The average Bonchev–Trinajstić information content (AvgIpc) is 3.55. The molecule has 39 heavy (non-hydrogen) atoms. The Morgan fingerprint density at radius 2 is 1.82 bits per heavy atom. The third-order valence-electron chi connectivity index (χ3n) is 7.88. The molecular weight excluding hydrogens is 486 g/mol. The van der Waals surface area contributed by atoms with Gasteiger partial charge in [-0.1, -0.05) is 43.3 Å². The second-order valence-corrected chi connectivity index (χ2v) is 12.1. The van der Waals surface area contributed by atoms with Gasteiger partial charge in [-0.25, -0.2) is 9.78 Å². The van der Waals surface area contributed by atoms with Crippen molar-refractivity contribution in [3.8, 4) is 11.1 Å². The number of nitrogens with zero attached hydrogens (tertiary/aromatic N) is 3. The number of carbonyl (C=O) groups is 1. The highest BCUT2D eigenvalue weighted by Crippen LogP contribution is 2.37. The second-order valence-electron chi connectivity index (χ2n) is 12.1. The van der Waals surface area contributed by atoms with Crippen LogP contribution in [-0.4, -0.2) is 62.6 Å². The van der Waals surface area contributed by atoms with Gasteiger partial charge >= 0.3 is 6.09 Å². The van der Waals surface area contributed by atoms with Crippen molar-refractivity contribution >= 4 is 29.3 Å². The molecule has 2 aliphatic rings. The summed E-state index contributed by atoms with van der Waals surface area (Å²) in [5.41, 5.74) is 5.19. The lowest BCUT2D eigenvalue weighted by Crippen LogP contribution is -2.49. The van der Waals surface area contributed by atoms with Crippen LogP contribution in [0.2, 0.25) is 0 Å². The largest absolute Gasteiger partial charge is 0.444 e. The third kappa shape index (κ3) is 5.23. The first-order valence-corrected chi connectivity index (χ1v) is 13.8. The average molecular weight is 524 g/mol. The maximum Gasteiger partial charge on any atom is 0.410 e. The highest BCUT2D eigenvalue weighted by atomic mass is 16.6. The van der Waals surface area contributed by atoms with Crippen LogP contribution in [0.4, 0.5) is 4.79 Å². The number of nitrogens with one attached hydrogen (secondary N) is 2. The fourth-order valence-electron chi connectivity index (χ4n) is 5.71. The van der Waals surface area contributed by atoms with Gasteiger partial charge in [-0.15, -0.1) is 0 Å². The van der Waals surface area contributed by atoms with Crippen molar-refractivity contribution in [2.45, 2.75) is 51.7 Å². The minimum atomic E-state index is -0.462. The number of aromatic amines is 2. The molecule has 202 valence electrons. The van der Waals surface area contributed by atoms with Crippen molar-refractivity contribution in [1.29, 1.82) is 0 Å². The number of aromatic nitrogens is 3. The Balaban J connectivity index is 1.15. The maximum absolute atomic E-state index is 12.4. The number of piperazine rings is 1. The third-order valence-corrected chi connectivity index (χ3v) is 7.88. The minimum absolute atomic E-state index is 0.0922. The maximum atomic E-state index is 12.4. The number of amides is 1. The number of fused-ring (bicyclic) bond motifs is 2. The van der Waals surface area contributed by atoms with Gasteiger partial charge in [0, 0.05) is 73.0 Å². The van der Waals surface area contributed by atoms with E-state index in [2.05, 4.69) is 76.5 Å². The zero-order valence-electron chi connectivity index (χ0n) is 23.3. The van der Waals surface area contributed by atoms with Crippen molar-refractivity contribution in [2.75, 3.05) is 26.2 Å². The molecule has 0 radical (unpaired) electrons. The fourth-order valence-corrected chi connectivity index (χ4v) is 5.71. The number of H-pyrrole nitrogens is 2. The van der Waals surface area contributed by atoms with Gasteiger partial charge in [0.15, 0.2) is 0 Å². The summed E-state index contributed by atoms with van der Waals surface area (Å²) in [6.45, 7) is 12.0. The molecule has 1 unspecified atom stereocenters. The van der Waals surface area contributed by atoms with Crippen LogP contribution in [0.5, 0.6) is 0 Å². The summed E-state index contributed by atoms with van der Waals surface area (Å²) in [6, 6.07) is 13.2. The van der Waals surface area contributed by atoms with Gasteiger partial charge in [-0.05, 0) is 61.2 Å². The van der Waals surface area contributed by atoms with Crippen LogP contribution in [0.25, 0.3) is 34.3 Å². The standard InChI is InChI=1S/C32H37N5O2/c1-31(2,3)39-30(38)37-15-13-36(14-16-37)21-22-5-7-23(8-6-22)25-17-26-27(20-35-29(26)34-19-25)32(4)11-9-28-24(18-32)10-12-33-28/h5-10,12,17-20,33H,11,13-16,21H2,1-4H3,(H,34,35). The van der Waals surface area contributed by atoms with Crippen molar-refractivity contribution in [2.24, 2.45) is 0 Å². The van der Waals surface area contributed by atoms with Crippen molar-refractivity contribution < 1.29 is 9.53 Å². The van der Waals surface area contributed by atoms with Crippen LogP contribution in [-0.2, 0) is 16.7 Å². The molecule has 7 heteroatoms. The number of ether oxygens (including phenoxy) is 1. The lowest BCUT2D eigenvalue weighted by Gasteiger charge is -2.35. The smallest absolute Gasteiger partial charge is 0.410 e. The zero-order valence-corrected chi connectivity index (χ0v) is 23.3. The van der Waals surface area contributed by atoms with Crippen LogP contribution in [0.15, 0.2) is 55.0 Å². The van der Waals surface area contributed by atoms with Crippen LogP contribution in [0.3, 0.4) is 0 Å². The molecule has 1 atom stereocenters. The SMILES string of the molecule is CC(C)(C)OC(=O)N1CCN(Cc2ccc(-c3cnc4[nH]cc(C5(C)C=c6cc[nH]c6=CC5)c4c3)cc2)CC1. The van der Waals surface area contributed by atoms with E-state index in [0.29, 0.717) is 13.1 Å². The Morgan fingerprint density at radius 3 is 2.56 bits per heavy atom. The van der Waals surface area contributed by atoms with Crippen LogP contribution in [0.1, 0.15) is 45.2 Å². The van der Waals surface area contributed by atoms with E-state index in [1.807, 2.05) is 38.1 Å². The summed E-state index contributed by atoms with van der Waals surface area (Å²) >= 11 is 0. The number of carbonyl (C=O) groups excluding carboxylic acids is 1. The van der Waals surface area contributed by atoms with Gasteiger partial charge in [0.1, 0.15) is 11.2 Å². The lowest BCUT2D eigenvalue weighted by atomic mass is 9.77. The van der Waals surface area contributed by atoms with E-state index in [-0.39, 0.29) is 11.5 Å². The zero-order chi connectivity index (χ0) is 27.2. The molecule has 1 amide bonds. The monoisotopic (exact) mass is 523 g/mol. The van der Waals surface area contributed by atoms with E-state index in [1.165, 1.54) is 27.1 Å². The first-order chi connectivity index (χ1) is 18.7. The molecule has 4 aromatic rings. The molecule has 1 saturated heterocycles. The molecule has 0 saturated carbocycles. The molecule has 6 rings (SSSR count). The number of benzene rings is 1. The van der Waals surface area contributed by atoms with E-state index in [0.717, 1.165) is 42.8 Å². The first-order valence-electron chi connectivity index (χ1n) is 13.8. The van der Waals surface area contributed by atoms with Crippen LogP contribution < -0.4 is 10.6 Å². The van der Waals surface area contributed by atoms with Crippen molar-refractivity contribution in [3.05, 3.63) is 76.7 Å². The van der Waals surface area contributed by atoms with Gasteiger partial charge in [-0.3, -0.25) is 4.90 Å². The minimum Gasteiger partial charge on any atom is -0.444 e. The Kier molecular flexibility index (Phi) is 6.34. The summed E-state index contributed by atoms with van der Waals surface area (Å²) in [5, 5.41) is 3.63. The number of pyridine rings is 1. The van der Waals surface area contributed by atoms with Gasteiger partial charge in [0.2, 0.25) is 0 Å². The summed E-state index contributed by atoms with van der Waals surface area (Å²) in [6.07, 6.45) is 11.5. The summed E-state index contributed by atoms with van der Waals surface area (Å²) < 4.78 is 5.52. The quantitative estimate of drug-likeness (QED) is 0.412. The first kappa shape index (κ1) is 25.4. The molecule has 1 aliphatic carbocycles. The van der Waals surface area contributed by atoms with Crippen LogP contribution in [0, 0.1) is 0 Å². The fraction of sp³-hybridized carbons (Fsp3) is 0.375. The topological polar surface area (TPSA) is 77.2 Å². The van der Waals surface area contributed by atoms with Gasteiger partial charge < -0.3 is 19.6 Å². The number of rotatable bonds is 4. The normalized spacial score (nSPS) is 19.8. The van der Waals surface area contributed by atoms with Crippen molar-refractivity contribution in [3.63, 3.8) is 0 Å². The molecule has 7 nitrogen and oxygen atoms in total. The summed E-state index contributed by atoms with van der Waals surface area (Å²) in [7, 11) is 0. The van der Waals surface area contributed by atoms with E-state index >= 15 is 0 Å². The number of hydrogen-bond acceptors (Lipinski definition) is 4. The predicted molar refractivity (Wildman–Crippen MR) is 156 cm³/mol. The van der Waals surface area contributed by atoms with Crippen LogP contribution >= 0.6 is 0 Å². The number of hydrogen-bond donors (Lipinski definition) is 2. The molecule has 4 heterocycles. The Labute approximate surface area is 229 Å². The molecule has 1 aliphatic heterocycles. The molecule has 1 fully saturated rings. The molecular formula is C32H37N5O2. The molecule has 1 aromatic carbocycles. The van der Waals surface area contributed by atoms with Gasteiger partial charge in [0.05, 0.1) is 0 Å². The van der Waals surface area contributed by atoms with E-state index in [9.17, 15) is 4.79 Å². The van der Waals surface area contributed by atoms with Crippen molar-refractivity contribution in [1.82, 2.24) is 24.8 Å². The molecule has 2 N–H and O–H groups in total. The molecule has 3 aromatic heterocycles. The van der Waals surface area contributed by atoms with E-state index in [1.54, 1.807) is 0 Å². The Morgan fingerprint density at radius 1 is 1.05 bits per heavy atom. The van der Waals surface area contributed by atoms with Gasteiger partial charge in [0.25, 0.3) is 0 Å². The second kappa shape index (κ2) is 9.72. The predicted octanol–water partition coefficient (Wildman–Crippen LogP) is 4.53. The van der Waals surface area contributed by atoms with Gasteiger partial charge in [-0.2, -0.15) is 0 Å². The highest BCUT2D eigenvalue weighted by molar-refractivity contribution is 5.87. The van der Waals surface area contributed by atoms with E-state index in [4.69, 9.17) is 9.72 Å². The molecule has 0 spiro atoms. The Hall–Kier alpha value is -3.84. The summed E-state index contributed by atoms with van der Waals surface area (Å²) in [5.74, 6) is 0.